The lowest BCUT2D eigenvalue weighted by atomic mass is 10.3. The van der Waals surface area contributed by atoms with Crippen molar-refractivity contribution < 1.29 is 9.47 Å². The molecular weight excluding hydrogens is 310 g/mol. The second-order valence-electron chi connectivity index (χ2n) is 4.31. The van der Waals surface area contributed by atoms with Gasteiger partial charge in [-0.3, -0.25) is 4.57 Å². The zero-order valence-electron chi connectivity index (χ0n) is 11.4. The number of ether oxygens (including phenoxy) is 2. The van der Waals surface area contributed by atoms with E-state index in [0.717, 1.165) is 11.2 Å². The van der Waals surface area contributed by atoms with E-state index in [4.69, 9.17) is 33.3 Å². The van der Waals surface area contributed by atoms with Crippen molar-refractivity contribution in [1.82, 2.24) is 14.5 Å². The van der Waals surface area contributed by atoms with E-state index in [-0.39, 0.29) is 0 Å². The topological polar surface area (TPSA) is 52.1 Å². The summed E-state index contributed by atoms with van der Waals surface area (Å²) in [5.41, 5.74) is 2.33. The summed E-state index contributed by atoms with van der Waals surface area (Å²) in [6.07, 6.45) is 0. The number of nitrogens with zero attached hydrogens (tertiary/aromatic N) is 2. The van der Waals surface area contributed by atoms with Gasteiger partial charge in [-0.25, -0.2) is 0 Å². The molecule has 0 aliphatic rings. The molecule has 1 aromatic carbocycles. The van der Waals surface area contributed by atoms with Crippen LogP contribution in [0.1, 0.15) is 0 Å². The van der Waals surface area contributed by atoms with Crippen molar-refractivity contribution in [2.75, 3.05) is 14.2 Å². The number of halogens is 1. The third kappa shape index (κ3) is 2.36. The van der Waals surface area contributed by atoms with E-state index in [1.807, 2.05) is 22.8 Å². The fourth-order valence-corrected chi connectivity index (χ4v) is 2.60. The zero-order valence-corrected chi connectivity index (χ0v) is 13.0. The highest BCUT2D eigenvalue weighted by molar-refractivity contribution is 7.71. The predicted octanol–water partition coefficient (Wildman–Crippen LogP) is 3.75. The van der Waals surface area contributed by atoms with Crippen LogP contribution < -0.4 is 9.47 Å². The summed E-state index contributed by atoms with van der Waals surface area (Å²) in [6.45, 7) is 0. The highest BCUT2D eigenvalue weighted by atomic mass is 35.5. The summed E-state index contributed by atoms with van der Waals surface area (Å²) in [5.74, 6) is 1.10. The Morgan fingerprint density at radius 3 is 2.71 bits per heavy atom. The first kappa shape index (κ1) is 13.9. The lowest BCUT2D eigenvalue weighted by Gasteiger charge is -2.08. The van der Waals surface area contributed by atoms with E-state index in [2.05, 4.69) is 9.97 Å². The minimum atomic E-state index is 0.520. The SMILES string of the molecule is COc1ccc2[nH]c(=S)n(-c3ccc(Cl)c(OC)c3)c2n1. The number of benzene rings is 1. The number of hydrogen-bond acceptors (Lipinski definition) is 4. The van der Waals surface area contributed by atoms with E-state index in [1.54, 1.807) is 26.4 Å². The maximum absolute atomic E-state index is 6.06. The third-order valence-electron chi connectivity index (χ3n) is 3.11. The molecule has 0 atom stereocenters. The first-order valence-electron chi connectivity index (χ1n) is 6.13. The smallest absolute Gasteiger partial charge is 0.215 e. The second kappa shape index (κ2) is 5.38. The van der Waals surface area contributed by atoms with Gasteiger partial charge >= 0.3 is 0 Å². The molecule has 0 fully saturated rings. The Morgan fingerprint density at radius 1 is 1.19 bits per heavy atom. The van der Waals surface area contributed by atoms with Crippen molar-refractivity contribution >= 4 is 35.0 Å². The van der Waals surface area contributed by atoms with Crippen LogP contribution in [-0.4, -0.2) is 28.8 Å². The van der Waals surface area contributed by atoms with Crippen LogP contribution in [-0.2, 0) is 0 Å². The molecule has 0 unspecified atom stereocenters. The van der Waals surface area contributed by atoms with Crippen molar-refractivity contribution in [2.45, 2.75) is 0 Å². The van der Waals surface area contributed by atoms with Crippen LogP contribution in [0, 0.1) is 4.77 Å². The molecule has 0 radical (unpaired) electrons. The number of H-pyrrole nitrogens is 1. The first-order valence-corrected chi connectivity index (χ1v) is 6.92. The molecule has 2 aromatic heterocycles. The number of fused-ring (bicyclic) bond motifs is 1. The largest absolute Gasteiger partial charge is 0.495 e. The fourth-order valence-electron chi connectivity index (χ4n) is 2.11. The lowest BCUT2D eigenvalue weighted by molar-refractivity contribution is 0.399. The number of methoxy groups -OCH3 is 2. The number of rotatable bonds is 3. The number of aromatic nitrogens is 3. The average Bonchev–Trinajstić information content (AvgIpc) is 2.82. The number of hydrogen-bond donors (Lipinski definition) is 1. The van der Waals surface area contributed by atoms with Crippen LogP contribution in [0.2, 0.25) is 5.02 Å². The van der Waals surface area contributed by atoms with Crippen LogP contribution in [0.15, 0.2) is 30.3 Å². The van der Waals surface area contributed by atoms with Crippen LogP contribution in [0.3, 0.4) is 0 Å². The molecule has 0 aliphatic carbocycles. The van der Waals surface area contributed by atoms with Crippen molar-refractivity contribution in [3.05, 3.63) is 40.1 Å². The Bertz CT molecular complexity index is 872. The van der Waals surface area contributed by atoms with Gasteiger partial charge in [-0.15, -0.1) is 0 Å². The second-order valence-corrected chi connectivity index (χ2v) is 5.10. The Labute approximate surface area is 131 Å². The fraction of sp³-hybridized carbons (Fsp3) is 0.143. The molecule has 1 N–H and O–H groups in total. The Hall–Kier alpha value is -2.05. The predicted molar refractivity (Wildman–Crippen MR) is 84.4 cm³/mol. The van der Waals surface area contributed by atoms with Gasteiger partial charge < -0.3 is 14.5 Å². The summed E-state index contributed by atoms with van der Waals surface area (Å²) in [6, 6.07) is 9.08. The minimum absolute atomic E-state index is 0.520. The molecule has 0 aliphatic heterocycles. The molecule has 0 saturated carbocycles. The van der Waals surface area contributed by atoms with Crippen molar-refractivity contribution in [1.29, 1.82) is 0 Å². The van der Waals surface area contributed by atoms with Gasteiger partial charge in [-0.2, -0.15) is 4.98 Å². The monoisotopic (exact) mass is 321 g/mol. The molecule has 7 heteroatoms. The molecule has 3 rings (SSSR count). The minimum Gasteiger partial charge on any atom is -0.495 e. The molecule has 5 nitrogen and oxygen atoms in total. The highest BCUT2D eigenvalue weighted by Crippen LogP contribution is 2.28. The van der Waals surface area contributed by atoms with E-state index in [9.17, 15) is 0 Å². The van der Waals surface area contributed by atoms with E-state index in [1.165, 1.54) is 0 Å². The average molecular weight is 322 g/mol. The highest BCUT2D eigenvalue weighted by Gasteiger charge is 2.11. The number of imidazole rings is 1. The molecule has 2 heterocycles. The maximum atomic E-state index is 6.06. The Balaban J connectivity index is 2.28. The van der Waals surface area contributed by atoms with Crippen molar-refractivity contribution in [3.63, 3.8) is 0 Å². The number of aromatic amines is 1. The lowest BCUT2D eigenvalue weighted by Crippen LogP contribution is -1.97. The maximum Gasteiger partial charge on any atom is 0.215 e. The van der Waals surface area contributed by atoms with Gasteiger partial charge in [0.05, 0.1) is 30.4 Å². The van der Waals surface area contributed by atoms with Gasteiger partial charge in [-0.1, -0.05) is 11.6 Å². The quantitative estimate of drug-likeness (QED) is 0.746. The zero-order chi connectivity index (χ0) is 15.0. The summed E-state index contributed by atoms with van der Waals surface area (Å²) >= 11 is 11.4. The van der Waals surface area contributed by atoms with Gasteiger partial charge in [0.2, 0.25) is 5.88 Å². The van der Waals surface area contributed by atoms with Gasteiger partial charge in [0.25, 0.3) is 0 Å². The van der Waals surface area contributed by atoms with Crippen LogP contribution in [0.5, 0.6) is 11.6 Å². The molecule has 3 aromatic rings. The molecule has 0 spiro atoms. The van der Waals surface area contributed by atoms with Gasteiger partial charge in [0, 0.05) is 12.1 Å². The van der Waals surface area contributed by atoms with Gasteiger partial charge in [0.15, 0.2) is 10.4 Å². The van der Waals surface area contributed by atoms with E-state index in [0.29, 0.717) is 27.1 Å². The Morgan fingerprint density at radius 2 is 2.00 bits per heavy atom. The van der Waals surface area contributed by atoms with E-state index < -0.39 is 0 Å². The van der Waals surface area contributed by atoms with Crippen molar-refractivity contribution in [2.24, 2.45) is 0 Å². The van der Waals surface area contributed by atoms with Gasteiger partial charge in [0.1, 0.15) is 5.75 Å². The summed E-state index contributed by atoms with van der Waals surface area (Å²) in [5, 5.41) is 0.540. The summed E-state index contributed by atoms with van der Waals surface area (Å²) < 4.78 is 12.8. The standard InChI is InChI=1S/C14H12ClN3O2S/c1-19-11-7-8(3-4-9(11)15)18-13-10(16-14(18)21)5-6-12(17-13)20-2/h3-7H,1-2H3,(H,16,21). The normalized spacial score (nSPS) is 10.8. The molecule has 0 bridgehead atoms. The van der Waals surface area contributed by atoms with E-state index >= 15 is 0 Å². The molecule has 0 saturated heterocycles. The van der Waals surface area contributed by atoms with Crippen LogP contribution in [0.4, 0.5) is 0 Å². The molecule has 108 valence electrons. The third-order valence-corrected chi connectivity index (χ3v) is 3.70. The molecule has 0 amide bonds. The number of pyridine rings is 1. The van der Waals surface area contributed by atoms with Crippen LogP contribution >= 0.6 is 23.8 Å². The van der Waals surface area contributed by atoms with Crippen LogP contribution in [0.25, 0.3) is 16.9 Å². The summed E-state index contributed by atoms with van der Waals surface area (Å²) in [4.78, 5) is 7.55. The van der Waals surface area contributed by atoms with Crippen molar-refractivity contribution in [3.8, 4) is 17.3 Å². The first-order chi connectivity index (χ1) is 10.1. The molecular formula is C14H12ClN3O2S. The summed E-state index contributed by atoms with van der Waals surface area (Å²) in [7, 11) is 3.14. The van der Waals surface area contributed by atoms with Gasteiger partial charge in [-0.05, 0) is 30.4 Å². The number of nitrogens with one attached hydrogen (secondary N) is 1. The Kier molecular flexibility index (Phi) is 3.57. The molecule has 21 heavy (non-hydrogen) atoms.